The van der Waals surface area contributed by atoms with Gasteiger partial charge in [0.05, 0.1) is 5.56 Å². The van der Waals surface area contributed by atoms with E-state index in [2.05, 4.69) is 49.3 Å². The zero-order valence-electron chi connectivity index (χ0n) is 14.4. The molecule has 0 radical (unpaired) electrons. The Morgan fingerprint density at radius 2 is 1.88 bits per heavy atom. The minimum atomic E-state index is -1.19. The van der Waals surface area contributed by atoms with Gasteiger partial charge in [-0.25, -0.2) is 0 Å². The van der Waals surface area contributed by atoms with E-state index in [0.29, 0.717) is 30.1 Å². The van der Waals surface area contributed by atoms with E-state index in [1.807, 2.05) is 12.1 Å². The van der Waals surface area contributed by atoms with E-state index in [4.69, 9.17) is 0 Å². The number of hydrogen-bond acceptors (Lipinski definition) is 4. The average Bonchev–Trinajstić information content (AvgIpc) is 2.59. The van der Waals surface area contributed by atoms with Gasteiger partial charge in [-0.05, 0) is 23.1 Å². The van der Waals surface area contributed by atoms with E-state index in [9.17, 15) is 10.4 Å². The minimum absolute atomic E-state index is 0.345. The van der Waals surface area contributed by atoms with Crippen LogP contribution in [0.25, 0.3) is 0 Å². The van der Waals surface area contributed by atoms with Crippen LogP contribution in [0.15, 0.2) is 42.7 Å². The Hall–Kier alpha value is -2.22. The first-order chi connectivity index (χ1) is 11.4. The van der Waals surface area contributed by atoms with Gasteiger partial charge in [-0.1, -0.05) is 45.0 Å². The number of nitriles is 1. The minimum Gasteiger partial charge on any atom is -0.380 e. The summed E-state index contributed by atoms with van der Waals surface area (Å²) in [6.07, 6.45) is 3.19. The van der Waals surface area contributed by atoms with Crippen LogP contribution in [0.4, 0.5) is 0 Å². The van der Waals surface area contributed by atoms with Gasteiger partial charge in [0.1, 0.15) is 11.7 Å². The van der Waals surface area contributed by atoms with Crippen molar-refractivity contribution in [1.82, 2.24) is 10.3 Å². The molecule has 1 fully saturated rings. The zero-order valence-corrected chi connectivity index (χ0v) is 14.4. The summed E-state index contributed by atoms with van der Waals surface area (Å²) in [6, 6.07) is 12.0. The molecule has 1 aliphatic heterocycles. The molecule has 1 aliphatic rings. The van der Waals surface area contributed by atoms with Gasteiger partial charge < -0.3 is 10.4 Å². The van der Waals surface area contributed by atoms with E-state index < -0.39 is 5.60 Å². The standard InChI is InChI=1S/C20H23N3O/c1-14(2)16-4-6-17(7-5-16)20(24,19(3)12-23-13-19)18-8-15(9-21)10-22-11-18/h4-8,10-11,14,23-24H,12-13H2,1-3H3. The maximum atomic E-state index is 11.8. The molecule has 0 spiro atoms. The van der Waals surface area contributed by atoms with E-state index in [1.165, 1.54) is 11.8 Å². The lowest BCUT2D eigenvalue weighted by molar-refractivity contribution is -0.0769. The van der Waals surface area contributed by atoms with Crippen molar-refractivity contribution >= 4 is 0 Å². The second kappa shape index (κ2) is 6.01. The lowest BCUT2D eigenvalue weighted by Crippen LogP contribution is -2.63. The van der Waals surface area contributed by atoms with Crippen LogP contribution in [-0.2, 0) is 5.60 Å². The van der Waals surface area contributed by atoms with Crippen LogP contribution in [0.3, 0.4) is 0 Å². The maximum absolute atomic E-state index is 11.8. The number of rotatable bonds is 4. The van der Waals surface area contributed by atoms with E-state index in [-0.39, 0.29) is 5.41 Å². The lowest BCUT2D eigenvalue weighted by Gasteiger charge is -2.52. The molecule has 1 unspecified atom stereocenters. The van der Waals surface area contributed by atoms with Gasteiger partial charge in [0.15, 0.2) is 0 Å². The summed E-state index contributed by atoms with van der Waals surface area (Å²) in [5.41, 5.74) is 1.67. The fourth-order valence-electron chi connectivity index (χ4n) is 3.43. The van der Waals surface area contributed by atoms with Gasteiger partial charge in [-0.15, -0.1) is 0 Å². The molecule has 0 amide bonds. The monoisotopic (exact) mass is 321 g/mol. The Morgan fingerprint density at radius 1 is 1.21 bits per heavy atom. The Balaban J connectivity index is 2.14. The topological polar surface area (TPSA) is 68.9 Å². The van der Waals surface area contributed by atoms with E-state index in [1.54, 1.807) is 12.3 Å². The van der Waals surface area contributed by atoms with Crippen molar-refractivity contribution in [1.29, 1.82) is 5.26 Å². The maximum Gasteiger partial charge on any atom is 0.124 e. The van der Waals surface area contributed by atoms with Crippen LogP contribution in [0.1, 0.15) is 48.9 Å². The smallest absolute Gasteiger partial charge is 0.124 e. The number of aliphatic hydroxyl groups is 1. The molecule has 24 heavy (non-hydrogen) atoms. The van der Waals surface area contributed by atoms with Crippen molar-refractivity contribution in [2.24, 2.45) is 5.41 Å². The highest BCUT2D eigenvalue weighted by Crippen LogP contribution is 2.47. The first-order valence-corrected chi connectivity index (χ1v) is 8.30. The molecule has 1 saturated heterocycles. The molecule has 4 nitrogen and oxygen atoms in total. The number of nitrogens with one attached hydrogen (secondary N) is 1. The molecule has 0 aliphatic carbocycles. The van der Waals surface area contributed by atoms with E-state index in [0.717, 1.165) is 5.56 Å². The van der Waals surface area contributed by atoms with Gasteiger partial charge in [0.25, 0.3) is 0 Å². The van der Waals surface area contributed by atoms with E-state index >= 15 is 0 Å². The summed E-state index contributed by atoms with van der Waals surface area (Å²) in [6.45, 7) is 7.80. The molecule has 4 heteroatoms. The summed E-state index contributed by atoms with van der Waals surface area (Å²) < 4.78 is 0. The predicted octanol–water partition coefficient (Wildman–Crippen LogP) is 2.92. The normalized spacial score (nSPS) is 18.5. The third kappa shape index (κ3) is 2.50. The highest BCUT2D eigenvalue weighted by Gasteiger charge is 2.53. The van der Waals surface area contributed by atoms with Crippen LogP contribution in [-0.4, -0.2) is 23.2 Å². The largest absolute Gasteiger partial charge is 0.380 e. The Kier molecular flexibility index (Phi) is 4.16. The summed E-state index contributed by atoms with van der Waals surface area (Å²) in [7, 11) is 0. The molecule has 1 aromatic carbocycles. The third-order valence-electron chi connectivity index (χ3n) is 5.18. The Labute approximate surface area is 143 Å². The molecule has 2 N–H and O–H groups in total. The van der Waals surface area contributed by atoms with Gasteiger partial charge in [0.2, 0.25) is 0 Å². The molecule has 2 aromatic rings. The second-order valence-electron chi connectivity index (χ2n) is 7.23. The average molecular weight is 321 g/mol. The first kappa shape index (κ1) is 16.6. The summed E-state index contributed by atoms with van der Waals surface area (Å²) in [5.74, 6) is 0.441. The molecule has 1 aromatic heterocycles. The molecule has 1 atom stereocenters. The van der Waals surface area contributed by atoms with Gasteiger partial charge in [0, 0.05) is 36.5 Å². The quantitative estimate of drug-likeness (QED) is 0.908. The molecular formula is C20H23N3O. The number of aromatic nitrogens is 1. The summed E-state index contributed by atoms with van der Waals surface area (Å²) in [4.78, 5) is 4.16. The fraction of sp³-hybridized carbons (Fsp3) is 0.400. The van der Waals surface area contributed by atoms with Crippen LogP contribution >= 0.6 is 0 Å². The van der Waals surface area contributed by atoms with Crippen molar-refractivity contribution in [3.05, 3.63) is 65.0 Å². The van der Waals surface area contributed by atoms with Crippen LogP contribution in [0, 0.1) is 16.7 Å². The SMILES string of the molecule is CC(C)c1ccc(C(O)(c2cncc(C#N)c2)C2(C)CNC2)cc1. The molecule has 3 rings (SSSR count). The molecular weight excluding hydrogens is 298 g/mol. The van der Waals surface area contributed by atoms with Gasteiger partial charge >= 0.3 is 0 Å². The van der Waals surface area contributed by atoms with Crippen LogP contribution in [0.2, 0.25) is 0 Å². The summed E-state index contributed by atoms with van der Waals surface area (Å²) >= 11 is 0. The van der Waals surface area contributed by atoms with Crippen molar-refractivity contribution in [3.8, 4) is 6.07 Å². The highest BCUT2D eigenvalue weighted by molar-refractivity contribution is 5.43. The number of benzene rings is 1. The molecule has 0 bridgehead atoms. The highest BCUT2D eigenvalue weighted by atomic mass is 16.3. The van der Waals surface area contributed by atoms with Crippen molar-refractivity contribution < 1.29 is 5.11 Å². The van der Waals surface area contributed by atoms with Crippen molar-refractivity contribution in [3.63, 3.8) is 0 Å². The van der Waals surface area contributed by atoms with Crippen molar-refractivity contribution in [2.75, 3.05) is 13.1 Å². The van der Waals surface area contributed by atoms with Gasteiger partial charge in [-0.2, -0.15) is 5.26 Å². The molecule has 0 saturated carbocycles. The molecule has 124 valence electrons. The molecule has 2 heterocycles. The lowest BCUT2D eigenvalue weighted by atomic mass is 9.63. The van der Waals surface area contributed by atoms with Crippen LogP contribution in [0.5, 0.6) is 0 Å². The third-order valence-corrected chi connectivity index (χ3v) is 5.18. The predicted molar refractivity (Wildman–Crippen MR) is 93.5 cm³/mol. The fourth-order valence-corrected chi connectivity index (χ4v) is 3.43. The number of pyridine rings is 1. The summed E-state index contributed by atoms with van der Waals surface area (Å²) in [5, 5.41) is 24.2. The van der Waals surface area contributed by atoms with Gasteiger partial charge in [-0.3, -0.25) is 4.98 Å². The Morgan fingerprint density at radius 3 is 2.38 bits per heavy atom. The zero-order chi connectivity index (χ0) is 17.4. The van der Waals surface area contributed by atoms with Crippen LogP contribution < -0.4 is 5.32 Å². The van der Waals surface area contributed by atoms with Crippen molar-refractivity contribution in [2.45, 2.75) is 32.3 Å². The Bertz CT molecular complexity index is 772. The number of hydrogen-bond donors (Lipinski definition) is 2. The number of nitrogens with zero attached hydrogens (tertiary/aromatic N) is 2. The first-order valence-electron chi connectivity index (χ1n) is 8.30. The second-order valence-corrected chi connectivity index (χ2v) is 7.23.